The molecule has 2 aromatic carbocycles. The van der Waals surface area contributed by atoms with Crippen LogP contribution in [0.15, 0.2) is 42.6 Å². The van der Waals surface area contributed by atoms with E-state index in [4.69, 9.17) is 14.6 Å². The maximum atomic E-state index is 12.4. The number of nitrogens with zero attached hydrogens (tertiary/aromatic N) is 2. The summed E-state index contributed by atoms with van der Waals surface area (Å²) in [4.78, 5) is 17.9. The van der Waals surface area contributed by atoms with Crippen molar-refractivity contribution in [1.29, 1.82) is 0 Å². The minimum atomic E-state index is -4.08. The number of piperazine rings is 1. The summed E-state index contributed by atoms with van der Waals surface area (Å²) in [6.07, 6.45) is -2.88. The van der Waals surface area contributed by atoms with Crippen LogP contribution in [0.3, 0.4) is 0 Å². The van der Waals surface area contributed by atoms with Gasteiger partial charge in [-0.05, 0) is 36.8 Å². The monoisotopic (exact) mass is 507 g/mol. The lowest BCUT2D eigenvalue weighted by molar-refractivity contribution is -0.138. The first kappa shape index (κ1) is 27.3. The predicted molar refractivity (Wildman–Crippen MR) is 132 cm³/mol. The molecule has 1 aromatic heterocycles. The number of aromatic amines is 1. The van der Waals surface area contributed by atoms with Crippen molar-refractivity contribution in [2.45, 2.75) is 26.1 Å². The number of carboxylic acids is 1. The van der Waals surface area contributed by atoms with E-state index in [1.165, 1.54) is 13.2 Å². The van der Waals surface area contributed by atoms with Crippen LogP contribution in [0.2, 0.25) is 0 Å². The summed E-state index contributed by atoms with van der Waals surface area (Å²) < 4.78 is 47.5. The highest BCUT2D eigenvalue weighted by Crippen LogP contribution is 2.32. The van der Waals surface area contributed by atoms with Gasteiger partial charge in [0.25, 0.3) is 0 Å². The minimum absolute atomic E-state index is 0.0905. The van der Waals surface area contributed by atoms with Crippen LogP contribution in [0, 0.1) is 6.92 Å². The number of methoxy groups -OCH3 is 2. The fourth-order valence-corrected chi connectivity index (χ4v) is 4.28. The maximum absolute atomic E-state index is 12.4. The van der Waals surface area contributed by atoms with Crippen LogP contribution in [0.5, 0.6) is 11.5 Å². The molecule has 0 amide bonds. The number of hydrogen-bond donors (Lipinski definition) is 2. The topological polar surface area (TPSA) is 78.0 Å². The zero-order chi connectivity index (χ0) is 26.3. The number of ether oxygens (including phenoxy) is 2. The van der Waals surface area contributed by atoms with Gasteiger partial charge in [0.2, 0.25) is 0 Å². The molecule has 1 aliphatic heterocycles. The van der Waals surface area contributed by atoms with Crippen molar-refractivity contribution < 1.29 is 32.5 Å². The fraction of sp³-hybridized carbons (Fsp3) is 0.423. The minimum Gasteiger partial charge on any atom is -0.496 e. The van der Waals surface area contributed by atoms with E-state index < -0.39 is 18.6 Å². The van der Waals surface area contributed by atoms with Gasteiger partial charge in [0.05, 0.1) is 20.6 Å². The first-order chi connectivity index (χ1) is 17.1. The summed E-state index contributed by atoms with van der Waals surface area (Å²) in [5.41, 5.74) is 3.57. The van der Waals surface area contributed by atoms with E-state index in [9.17, 15) is 18.0 Å². The summed E-state index contributed by atoms with van der Waals surface area (Å²) in [6, 6.07) is 10.6. The smallest absolute Gasteiger partial charge is 0.390 e. The molecule has 0 spiro atoms. The Bertz CT molecular complexity index is 1160. The number of nitrogens with one attached hydrogen (secondary N) is 1. The van der Waals surface area contributed by atoms with Gasteiger partial charge in [-0.3, -0.25) is 4.90 Å². The van der Waals surface area contributed by atoms with Gasteiger partial charge in [-0.15, -0.1) is 0 Å². The third kappa shape index (κ3) is 7.14. The molecule has 0 bridgehead atoms. The maximum Gasteiger partial charge on any atom is 0.390 e. The Morgan fingerprint density at radius 1 is 1.03 bits per heavy atom. The van der Waals surface area contributed by atoms with E-state index in [0.29, 0.717) is 18.8 Å². The molecule has 10 heteroatoms. The van der Waals surface area contributed by atoms with Gasteiger partial charge in [0.1, 0.15) is 17.1 Å². The van der Waals surface area contributed by atoms with Crippen LogP contribution in [-0.4, -0.2) is 79.0 Å². The van der Waals surface area contributed by atoms with Crippen LogP contribution in [0.4, 0.5) is 13.2 Å². The molecule has 7 nitrogen and oxygen atoms in total. The van der Waals surface area contributed by atoms with E-state index in [0.717, 1.165) is 47.4 Å². The first-order valence-corrected chi connectivity index (χ1v) is 11.6. The first-order valence-electron chi connectivity index (χ1n) is 11.6. The van der Waals surface area contributed by atoms with Crippen LogP contribution in [0.25, 0.3) is 10.9 Å². The number of aryl methyl sites for hydroxylation is 1. The summed E-state index contributed by atoms with van der Waals surface area (Å²) >= 11 is 0. The van der Waals surface area contributed by atoms with Gasteiger partial charge >= 0.3 is 12.1 Å². The van der Waals surface area contributed by atoms with Crippen molar-refractivity contribution in [3.05, 3.63) is 59.3 Å². The van der Waals surface area contributed by atoms with Gasteiger partial charge in [0.15, 0.2) is 0 Å². The lowest BCUT2D eigenvalue weighted by atomic mass is 10.0. The van der Waals surface area contributed by atoms with E-state index >= 15 is 0 Å². The molecule has 0 saturated carbocycles. The van der Waals surface area contributed by atoms with Crippen LogP contribution in [0.1, 0.15) is 27.9 Å². The van der Waals surface area contributed by atoms with Crippen LogP contribution >= 0.6 is 0 Å². The van der Waals surface area contributed by atoms with E-state index in [-0.39, 0.29) is 12.1 Å². The lowest BCUT2D eigenvalue weighted by Crippen LogP contribution is -2.46. The van der Waals surface area contributed by atoms with E-state index in [1.54, 1.807) is 25.3 Å². The highest BCUT2D eigenvalue weighted by atomic mass is 19.4. The molecule has 1 fully saturated rings. The Labute approximate surface area is 208 Å². The third-order valence-electron chi connectivity index (χ3n) is 6.23. The second-order valence-corrected chi connectivity index (χ2v) is 8.63. The lowest BCUT2D eigenvalue weighted by Gasteiger charge is -2.35. The molecule has 0 atom stereocenters. The molecule has 36 heavy (non-hydrogen) atoms. The van der Waals surface area contributed by atoms with Gasteiger partial charge < -0.3 is 24.5 Å². The SMILES string of the molecule is COc1cc(C)c2[nH]ccc2c1CN1CCN(CCC(F)(F)F)CC1.COc1ccccc1C(=O)O. The molecule has 1 aliphatic rings. The largest absolute Gasteiger partial charge is 0.496 e. The number of alkyl halides is 3. The molecule has 196 valence electrons. The number of benzene rings is 2. The number of carboxylic acid groups (broad SMARTS) is 1. The second kappa shape index (κ2) is 12.1. The Kier molecular flexibility index (Phi) is 9.22. The highest BCUT2D eigenvalue weighted by molar-refractivity contribution is 5.90. The molecule has 3 aromatic rings. The number of aromatic carboxylic acids is 1. The molecule has 2 heterocycles. The Hall–Kier alpha value is -3.24. The molecule has 4 rings (SSSR count). The normalized spacial score (nSPS) is 14.8. The van der Waals surface area contributed by atoms with Crippen molar-refractivity contribution in [1.82, 2.24) is 14.8 Å². The van der Waals surface area contributed by atoms with Gasteiger partial charge in [-0.2, -0.15) is 13.2 Å². The quantitative estimate of drug-likeness (QED) is 0.471. The average molecular weight is 508 g/mol. The third-order valence-corrected chi connectivity index (χ3v) is 6.23. The zero-order valence-electron chi connectivity index (χ0n) is 20.7. The van der Waals surface area contributed by atoms with Gasteiger partial charge in [-0.1, -0.05) is 12.1 Å². The number of para-hydroxylation sites is 1. The number of H-pyrrole nitrogens is 1. The summed E-state index contributed by atoms with van der Waals surface area (Å²) in [5.74, 6) is 0.284. The summed E-state index contributed by atoms with van der Waals surface area (Å²) in [6.45, 7) is 5.74. The zero-order valence-corrected chi connectivity index (χ0v) is 20.7. The highest BCUT2D eigenvalue weighted by Gasteiger charge is 2.29. The molecule has 1 saturated heterocycles. The molecular weight excluding hydrogens is 475 g/mol. The van der Waals surface area contributed by atoms with Crippen molar-refractivity contribution >= 4 is 16.9 Å². The molecule has 0 unspecified atom stereocenters. The Morgan fingerprint density at radius 2 is 1.67 bits per heavy atom. The van der Waals surface area contributed by atoms with Crippen molar-refractivity contribution in [2.75, 3.05) is 46.9 Å². The van der Waals surface area contributed by atoms with Crippen LogP contribution < -0.4 is 9.47 Å². The van der Waals surface area contributed by atoms with Crippen molar-refractivity contribution in [3.8, 4) is 11.5 Å². The van der Waals surface area contributed by atoms with Crippen molar-refractivity contribution in [2.24, 2.45) is 0 Å². The fourth-order valence-electron chi connectivity index (χ4n) is 4.28. The van der Waals surface area contributed by atoms with Crippen molar-refractivity contribution in [3.63, 3.8) is 0 Å². The van der Waals surface area contributed by atoms with E-state index in [1.807, 2.05) is 24.1 Å². The molecule has 0 aliphatic carbocycles. The summed E-state index contributed by atoms with van der Waals surface area (Å²) in [7, 11) is 3.12. The Morgan fingerprint density at radius 3 is 2.25 bits per heavy atom. The molecule has 0 radical (unpaired) electrons. The molecule has 2 N–H and O–H groups in total. The second-order valence-electron chi connectivity index (χ2n) is 8.63. The van der Waals surface area contributed by atoms with E-state index in [2.05, 4.69) is 16.0 Å². The number of carbonyl (C=O) groups is 1. The van der Waals surface area contributed by atoms with Gasteiger partial charge in [-0.25, -0.2) is 4.79 Å². The number of fused-ring (bicyclic) bond motifs is 1. The standard InChI is InChI=1S/C18H24F3N3O.C8H8O3/c1-13-11-16(25-2)15(14-3-5-22-17(13)14)12-24-9-7-23(8-10-24)6-4-18(19,20)21;1-11-7-5-3-2-4-6(7)8(9)10/h3,5,11,22H,4,6-10,12H2,1-2H3;2-5H,1H3,(H,9,10). The number of hydrogen-bond acceptors (Lipinski definition) is 5. The number of rotatable bonds is 7. The predicted octanol–water partition coefficient (Wildman–Crippen LogP) is 4.95. The average Bonchev–Trinajstić information content (AvgIpc) is 3.36. The summed E-state index contributed by atoms with van der Waals surface area (Å²) in [5, 5.41) is 9.77. The van der Waals surface area contributed by atoms with Crippen LogP contribution in [-0.2, 0) is 6.54 Å². The molecular formula is C26H32F3N3O4. The Balaban J connectivity index is 0.000000275. The number of halogens is 3. The van der Waals surface area contributed by atoms with Gasteiger partial charge in [0, 0.05) is 61.9 Å². The number of aromatic nitrogens is 1.